The van der Waals surface area contributed by atoms with Crippen molar-refractivity contribution in [3.8, 4) is 11.6 Å². The molecule has 2 saturated carbocycles. The molecule has 0 unspecified atom stereocenters. The van der Waals surface area contributed by atoms with Crippen LogP contribution in [0, 0.1) is 17.8 Å². The summed E-state index contributed by atoms with van der Waals surface area (Å²) in [5, 5.41) is 6.55. The number of sulfonamides is 1. The number of halogens is 3. The summed E-state index contributed by atoms with van der Waals surface area (Å²) in [5.41, 5.74) is -3.42. The third-order valence-electron chi connectivity index (χ3n) is 12.3. The van der Waals surface area contributed by atoms with Crippen molar-refractivity contribution in [3.63, 3.8) is 0 Å². The molecule has 14 nitrogen and oxygen atoms in total. The number of aromatic nitrogens is 1. The van der Waals surface area contributed by atoms with E-state index in [-0.39, 0.29) is 31.2 Å². The van der Waals surface area contributed by atoms with E-state index in [0.29, 0.717) is 50.9 Å². The summed E-state index contributed by atoms with van der Waals surface area (Å²) < 4.78 is 85.4. The largest absolute Gasteiger partial charge is 0.492 e. The van der Waals surface area contributed by atoms with Gasteiger partial charge in [-0.3, -0.25) is 19.1 Å². The molecule has 2 aliphatic heterocycles. The first-order valence-electron chi connectivity index (χ1n) is 20.0. The fourth-order valence-electron chi connectivity index (χ4n) is 8.01. The monoisotopic (exact) mass is 837 g/mol. The number of alkyl halides is 3. The second-order valence-electron chi connectivity index (χ2n) is 17.4. The van der Waals surface area contributed by atoms with E-state index in [1.54, 1.807) is 26.1 Å². The minimum atomic E-state index is -4.91. The van der Waals surface area contributed by atoms with Gasteiger partial charge in [-0.25, -0.2) is 18.2 Å². The van der Waals surface area contributed by atoms with Gasteiger partial charge in [-0.15, -0.1) is 0 Å². The van der Waals surface area contributed by atoms with Crippen LogP contribution in [0.3, 0.4) is 0 Å². The van der Waals surface area contributed by atoms with Gasteiger partial charge in [-0.05, 0) is 81.9 Å². The van der Waals surface area contributed by atoms with Crippen molar-refractivity contribution < 1.29 is 55.0 Å². The lowest BCUT2D eigenvalue weighted by Crippen LogP contribution is -2.59. The Balaban J connectivity index is 1.31. The van der Waals surface area contributed by atoms with E-state index in [9.17, 15) is 40.8 Å². The summed E-state index contributed by atoms with van der Waals surface area (Å²) in [6.07, 6.45) is -2.09. The second kappa shape index (κ2) is 15.7. The quantitative estimate of drug-likeness (QED) is 0.213. The van der Waals surface area contributed by atoms with E-state index in [1.807, 2.05) is 26.0 Å². The van der Waals surface area contributed by atoms with Crippen LogP contribution >= 0.6 is 0 Å². The minimum Gasteiger partial charge on any atom is -0.492 e. The molecule has 3 N–H and O–H groups in total. The van der Waals surface area contributed by atoms with E-state index < -0.39 is 85.9 Å². The number of hydrogen-bond donors (Lipinski definition) is 3. The lowest BCUT2D eigenvalue weighted by Gasteiger charge is -2.34. The number of ether oxygens (including phenoxy) is 3. The zero-order valence-electron chi connectivity index (χ0n) is 34.0. The van der Waals surface area contributed by atoms with Crippen LogP contribution in [-0.4, -0.2) is 95.5 Å². The van der Waals surface area contributed by atoms with Gasteiger partial charge in [0.15, 0.2) is 0 Å². The smallest absolute Gasteiger partial charge is 0.427 e. The van der Waals surface area contributed by atoms with Crippen LogP contribution in [0.4, 0.5) is 18.0 Å². The van der Waals surface area contributed by atoms with Crippen LogP contribution in [0.2, 0.25) is 0 Å². The molecule has 3 fully saturated rings. The van der Waals surface area contributed by atoms with E-state index in [1.165, 1.54) is 11.8 Å². The van der Waals surface area contributed by atoms with E-state index >= 15 is 0 Å². The van der Waals surface area contributed by atoms with Crippen LogP contribution in [0.1, 0.15) is 99.0 Å². The van der Waals surface area contributed by atoms with Gasteiger partial charge < -0.3 is 29.7 Å². The van der Waals surface area contributed by atoms with Crippen molar-refractivity contribution in [1.29, 1.82) is 0 Å². The molecule has 0 bridgehead atoms. The molecule has 0 spiro atoms. The third-order valence-corrected chi connectivity index (χ3v) is 14.4. The number of pyridine rings is 1. The number of rotatable bonds is 15. The van der Waals surface area contributed by atoms with Crippen LogP contribution < -0.4 is 24.8 Å². The normalized spacial score (nSPS) is 25.1. The molecular weight excluding hydrogens is 784 g/mol. The fourth-order valence-corrected chi connectivity index (χ4v) is 9.32. The molecule has 2 aromatic rings. The van der Waals surface area contributed by atoms with Crippen LogP contribution in [0.5, 0.6) is 11.6 Å². The average molecular weight is 838 g/mol. The number of alkyl carbamates (subject to hydrolysis) is 1. The molecule has 0 radical (unpaired) electrons. The van der Waals surface area contributed by atoms with E-state index in [0.717, 1.165) is 30.2 Å². The second-order valence-corrected chi connectivity index (χ2v) is 19.6. The van der Waals surface area contributed by atoms with Gasteiger partial charge in [0.05, 0.1) is 17.9 Å². The summed E-state index contributed by atoms with van der Waals surface area (Å²) in [6.45, 7) is 10.6. The van der Waals surface area contributed by atoms with Crippen LogP contribution in [0.15, 0.2) is 24.4 Å². The Morgan fingerprint density at radius 1 is 1.10 bits per heavy atom. The molecule has 4 aliphatic rings. The Labute approximate surface area is 336 Å². The number of amides is 4. The Hall–Kier alpha value is -4.35. The maximum absolute atomic E-state index is 14.8. The highest BCUT2D eigenvalue weighted by molar-refractivity contribution is 7.91. The number of likely N-dealkylation sites (tertiary alicyclic amines) is 1. The van der Waals surface area contributed by atoms with Crippen molar-refractivity contribution in [2.75, 3.05) is 13.2 Å². The highest BCUT2D eigenvalue weighted by atomic mass is 32.2. The van der Waals surface area contributed by atoms with Crippen molar-refractivity contribution in [1.82, 2.24) is 25.2 Å². The first kappa shape index (κ1) is 43.2. The summed E-state index contributed by atoms with van der Waals surface area (Å²) in [5.74, 6) is -2.49. The number of benzene rings is 1. The molecule has 58 heavy (non-hydrogen) atoms. The summed E-state index contributed by atoms with van der Waals surface area (Å²) in [4.78, 5) is 61.6. The van der Waals surface area contributed by atoms with Crippen LogP contribution in [0.25, 0.3) is 10.8 Å². The van der Waals surface area contributed by atoms with Gasteiger partial charge in [0.1, 0.15) is 29.5 Å². The highest BCUT2D eigenvalue weighted by Gasteiger charge is 2.62. The van der Waals surface area contributed by atoms with Crippen molar-refractivity contribution in [2.45, 2.75) is 140 Å². The van der Waals surface area contributed by atoms with Crippen molar-refractivity contribution >= 4 is 44.6 Å². The maximum Gasteiger partial charge on any atom is 0.427 e. The number of fused-ring (bicyclic) bond motifs is 3. The minimum absolute atomic E-state index is 0.0697. The van der Waals surface area contributed by atoms with E-state index in [2.05, 4.69) is 20.3 Å². The highest BCUT2D eigenvalue weighted by Crippen LogP contribution is 2.46. The zero-order valence-corrected chi connectivity index (χ0v) is 34.8. The van der Waals surface area contributed by atoms with Crippen LogP contribution in [-0.2, 0) is 35.6 Å². The van der Waals surface area contributed by atoms with Crippen molar-refractivity contribution in [3.05, 3.63) is 30.0 Å². The molecule has 7 atom stereocenters. The molecule has 3 heterocycles. The predicted molar refractivity (Wildman–Crippen MR) is 206 cm³/mol. The first-order chi connectivity index (χ1) is 27.0. The molecule has 18 heteroatoms. The lowest BCUT2D eigenvalue weighted by molar-refractivity contribution is -0.244. The Morgan fingerprint density at radius 3 is 2.41 bits per heavy atom. The maximum atomic E-state index is 14.8. The zero-order chi connectivity index (χ0) is 42.6. The standard InChI is InChI=1S/C40H54F3N5O9S/c1-8-9-22(2)18-23(3)30(45-36(52)57-37(5,6)40(41,42)43)34(50)48-21-26(56-33-28-11-10-25-13-17-55-31(25)27(28)12-16-44-33)19-29(48)32(49)46-39(20-24(39)4)35(51)47-58(53,54)38(7)14-15-38/h10-12,16,22-24,26,29-30H,8-9,13-15,17-21H2,1-7H3,(H,45,52)(H,46,49)(H,47,51)/t22-,23+,24+,26+,29-,30-,39+/m0/s1. The summed E-state index contributed by atoms with van der Waals surface area (Å²) >= 11 is 0. The molecule has 1 aromatic carbocycles. The van der Waals surface area contributed by atoms with Gasteiger partial charge >= 0.3 is 12.3 Å². The number of nitrogens with one attached hydrogen (secondary N) is 3. The Bertz CT molecular complexity index is 2060. The fraction of sp³-hybridized carbons (Fsp3) is 0.675. The van der Waals surface area contributed by atoms with E-state index in [4.69, 9.17) is 14.2 Å². The molecule has 6 rings (SSSR count). The molecule has 2 aliphatic carbocycles. The number of carbonyl (C=O) groups is 4. The molecule has 320 valence electrons. The summed E-state index contributed by atoms with van der Waals surface area (Å²) in [7, 11) is -4.04. The first-order valence-corrected chi connectivity index (χ1v) is 21.5. The van der Waals surface area contributed by atoms with Crippen molar-refractivity contribution in [2.24, 2.45) is 17.8 Å². The van der Waals surface area contributed by atoms with Gasteiger partial charge in [-0.1, -0.05) is 46.6 Å². The van der Waals surface area contributed by atoms with Gasteiger partial charge in [-0.2, -0.15) is 13.2 Å². The predicted octanol–water partition coefficient (Wildman–Crippen LogP) is 5.31. The topological polar surface area (TPSA) is 182 Å². The Kier molecular flexibility index (Phi) is 11.7. The average Bonchev–Trinajstić information content (AvgIpc) is 3.87. The molecule has 1 aromatic heterocycles. The Morgan fingerprint density at radius 2 is 1.79 bits per heavy atom. The molecular formula is C40H54F3N5O9S. The molecule has 1 saturated heterocycles. The lowest BCUT2D eigenvalue weighted by atomic mass is 9.88. The number of hydrogen-bond acceptors (Lipinski definition) is 10. The SMILES string of the molecule is CCC[C@H](C)C[C@@H](C)[C@H](NC(=O)OC(C)(C)C(F)(F)F)C(=O)N1C[C@H](Oc2nccc3c4c(ccc23)CCO4)C[C@H]1C(=O)N[C@]1(C(=O)NS(=O)(=O)C2(C)CC2)C[C@H]1C. The summed E-state index contributed by atoms with van der Waals surface area (Å²) in [6, 6.07) is 2.84. The number of nitrogens with zero attached hydrogens (tertiary/aromatic N) is 2. The third kappa shape index (κ3) is 8.53. The van der Waals surface area contributed by atoms with Gasteiger partial charge in [0.25, 0.3) is 5.91 Å². The number of carbonyl (C=O) groups excluding carboxylic acids is 4. The van der Waals surface area contributed by atoms with Gasteiger partial charge in [0, 0.05) is 29.8 Å². The van der Waals surface area contributed by atoms with Gasteiger partial charge in [0.2, 0.25) is 33.3 Å². The molecule has 4 amide bonds.